The number of carbonyl (C=O) groups excluding carboxylic acids is 3. The Morgan fingerprint density at radius 2 is 1.57 bits per heavy atom. The third-order valence-corrected chi connectivity index (χ3v) is 5.01. The van der Waals surface area contributed by atoms with Crippen LogP contribution in [0.1, 0.15) is 25.3 Å². The standard InChI is InChI=1S/C21H26O7/c1-14(22)28-18-11-7-16(8-12-18)21(19(23)26-3,20(24)27-4)13-15-5-9-17(25-2)10-6-15/h5-7,9-11,16,18H,8,12-13H2,1-4H3/t16-,18+/m1/s1. The summed E-state index contributed by atoms with van der Waals surface area (Å²) in [7, 11) is 4.07. The monoisotopic (exact) mass is 390 g/mol. The lowest BCUT2D eigenvalue weighted by Gasteiger charge is -2.36. The van der Waals surface area contributed by atoms with E-state index >= 15 is 0 Å². The van der Waals surface area contributed by atoms with Crippen LogP contribution < -0.4 is 4.74 Å². The molecular weight excluding hydrogens is 364 g/mol. The summed E-state index contributed by atoms with van der Waals surface area (Å²) >= 11 is 0. The number of allylic oxidation sites excluding steroid dienone is 1. The van der Waals surface area contributed by atoms with E-state index in [2.05, 4.69) is 0 Å². The molecule has 0 spiro atoms. The molecule has 1 aromatic rings. The van der Waals surface area contributed by atoms with Crippen molar-refractivity contribution in [1.29, 1.82) is 0 Å². The molecule has 0 aliphatic heterocycles. The van der Waals surface area contributed by atoms with Crippen LogP contribution in [-0.2, 0) is 35.0 Å². The summed E-state index contributed by atoms with van der Waals surface area (Å²) in [4.78, 5) is 36.9. The summed E-state index contributed by atoms with van der Waals surface area (Å²) in [5.41, 5.74) is -0.761. The lowest BCUT2D eigenvalue weighted by molar-refractivity contribution is -0.173. The van der Waals surface area contributed by atoms with Gasteiger partial charge in [-0.3, -0.25) is 14.4 Å². The van der Waals surface area contributed by atoms with Crippen LogP contribution in [0.5, 0.6) is 5.75 Å². The van der Waals surface area contributed by atoms with Crippen molar-refractivity contribution in [2.24, 2.45) is 11.3 Å². The second kappa shape index (κ2) is 9.39. The van der Waals surface area contributed by atoms with Gasteiger partial charge < -0.3 is 18.9 Å². The summed E-state index contributed by atoms with van der Waals surface area (Å²) < 4.78 is 20.4. The highest BCUT2D eigenvalue weighted by molar-refractivity contribution is 6.01. The van der Waals surface area contributed by atoms with Crippen LogP contribution in [0.25, 0.3) is 0 Å². The largest absolute Gasteiger partial charge is 0.497 e. The molecule has 0 saturated carbocycles. The molecule has 7 nitrogen and oxygen atoms in total. The average Bonchev–Trinajstić information content (AvgIpc) is 2.71. The first-order valence-corrected chi connectivity index (χ1v) is 9.02. The number of benzene rings is 1. The maximum Gasteiger partial charge on any atom is 0.324 e. The summed E-state index contributed by atoms with van der Waals surface area (Å²) in [6.45, 7) is 1.34. The Kier molecular flexibility index (Phi) is 7.20. The fraction of sp³-hybridized carbons (Fsp3) is 0.476. The van der Waals surface area contributed by atoms with Gasteiger partial charge in [-0.25, -0.2) is 0 Å². The Labute approximate surface area is 164 Å². The van der Waals surface area contributed by atoms with Crippen molar-refractivity contribution in [1.82, 2.24) is 0 Å². The van der Waals surface area contributed by atoms with Gasteiger partial charge in [0.15, 0.2) is 5.41 Å². The summed E-state index contributed by atoms with van der Waals surface area (Å²) in [5.74, 6) is -1.47. The fourth-order valence-corrected chi connectivity index (χ4v) is 3.61. The zero-order chi connectivity index (χ0) is 20.7. The van der Waals surface area contributed by atoms with Crippen LogP contribution in [0.15, 0.2) is 36.4 Å². The molecule has 0 aromatic heterocycles. The van der Waals surface area contributed by atoms with E-state index in [-0.39, 0.29) is 18.5 Å². The van der Waals surface area contributed by atoms with Crippen molar-refractivity contribution in [2.45, 2.75) is 32.3 Å². The number of hydrogen-bond acceptors (Lipinski definition) is 7. The molecule has 0 heterocycles. The van der Waals surface area contributed by atoms with E-state index in [1.165, 1.54) is 21.1 Å². The Hall–Kier alpha value is -2.83. The van der Waals surface area contributed by atoms with Gasteiger partial charge in [0.2, 0.25) is 0 Å². The minimum atomic E-state index is -1.53. The number of carbonyl (C=O) groups is 3. The number of rotatable bonds is 7. The van der Waals surface area contributed by atoms with Crippen LogP contribution >= 0.6 is 0 Å². The van der Waals surface area contributed by atoms with Crippen molar-refractivity contribution in [3.63, 3.8) is 0 Å². The van der Waals surface area contributed by atoms with Gasteiger partial charge in [0.05, 0.1) is 21.3 Å². The van der Waals surface area contributed by atoms with Gasteiger partial charge in [0.25, 0.3) is 0 Å². The number of esters is 3. The van der Waals surface area contributed by atoms with Gasteiger partial charge in [-0.05, 0) is 43.0 Å². The molecule has 1 aromatic carbocycles. The molecule has 0 bridgehead atoms. The van der Waals surface area contributed by atoms with E-state index in [0.717, 1.165) is 5.56 Å². The second-order valence-electron chi connectivity index (χ2n) is 6.70. The highest BCUT2D eigenvalue weighted by Gasteiger charge is 2.54. The van der Waals surface area contributed by atoms with Crippen LogP contribution in [0, 0.1) is 11.3 Å². The van der Waals surface area contributed by atoms with E-state index in [1.807, 2.05) is 0 Å². The van der Waals surface area contributed by atoms with Gasteiger partial charge in [0.1, 0.15) is 11.9 Å². The number of methoxy groups -OCH3 is 3. The topological polar surface area (TPSA) is 88.1 Å². The van der Waals surface area contributed by atoms with Crippen molar-refractivity contribution in [3.05, 3.63) is 42.0 Å². The minimum absolute atomic E-state index is 0.115. The van der Waals surface area contributed by atoms with Crippen molar-refractivity contribution in [3.8, 4) is 5.75 Å². The SMILES string of the molecule is COC(=O)C(Cc1ccc(OC)cc1)(C(=O)OC)[C@@H]1C=C[C@H](OC(C)=O)CC1. The predicted octanol–water partition coefficient (Wildman–Crippen LogP) is 2.47. The maximum atomic E-state index is 12.9. The number of ether oxygens (including phenoxy) is 4. The van der Waals surface area contributed by atoms with Crippen molar-refractivity contribution in [2.75, 3.05) is 21.3 Å². The van der Waals surface area contributed by atoms with E-state index in [9.17, 15) is 14.4 Å². The molecule has 1 aliphatic carbocycles. The van der Waals surface area contributed by atoms with E-state index < -0.39 is 23.3 Å². The third-order valence-electron chi connectivity index (χ3n) is 5.01. The molecule has 2 atom stereocenters. The normalized spacial score (nSPS) is 18.9. The van der Waals surface area contributed by atoms with Gasteiger partial charge in [-0.2, -0.15) is 0 Å². The van der Waals surface area contributed by atoms with Crippen LogP contribution in [-0.4, -0.2) is 45.3 Å². The van der Waals surface area contributed by atoms with Gasteiger partial charge in [0, 0.05) is 12.8 Å². The molecule has 0 N–H and O–H groups in total. The first-order valence-electron chi connectivity index (χ1n) is 9.02. The van der Waals surface area contributed by atoms with Crippen LogP contribution in [0.2, 0.25) is 0 Å². The van der Waals surface area contributed by atoms with Gasteiger partial charge >= 0.3 is 17.9 Å². The molecule has 0 unspecified atom stereocenters. The molecule has 7 heteroatoms. The molecule has 152 valence electrons. The van der Waals surface area contributed by atoms with Crippen LogP contribution in [0.3, 0.4) is 0 Å². The van der Waals surface area contributed by atoms with E-state index in [4.69, 9.17) is 18.9 Å². The number of hydrogen-bond donors (Lipinski definition) is 0. The van der Waals surface area contributed by atoms with Crippen LogP contribution in [0.4, 0.5) is 0 Å². The highest BCUT2D eigenvalue weighted by atomic mass is 16.5. The molecule has 0 radical (unpaired) electrons. The average molecular weight is 390 g/mol. The Morgan fingerprint density at radius 1 is 0.964 bits per heavy atom. The first kappa shape index (κ1) is 21.5. The predicted molar refractivity (Wildman–Crippen MR) is 101 cm³/mol. The van der Waals surface area contributed by atoms with Crippen molar-refractivity contribution < 1.29 is 33.3 Å². The Balaban J connectivity index is 2.41. The fourth-order valence-electron chi connectivity index (χ4n) is 3.61. The highest BCUT2D eigenvalue weighted by Crippen LogP contribution is 2.41. The molecule has 28 heavy (non-hydrogen) atoms. The van der Waals surface area contributed by atoms with Crippen molar-refractivity contribution >= 4 is 17.9 Å². The summed E-state index contributed by atoms with van der Waals surface area (Å²) in [6.07, 6.45) is 4.17. The Bertz CT molecular complexity index is 720. The quantitative estimate of drug-likeness (QED) is 0.306. The van der Waals surface area contributed by atoms with Gasteiger partial charge in [-0.1, -0.05) is 18.2 Å². The van der Waals surface area contributed by atoms with E-state index in [1.54, 1.807) is 43.5 Å². The summed E-state index contributed by atoms with van der Waals surface area (Å²) in [5, 5.41) is 0. The minimum Gasteiger partial charge on any atom is -0.497 e. The first-order chi connectivity index (χ1) is 13.4. The zero-order valence-electron chi connectivity index (χ0n) is 16.6. The molecule has 0 saturated heterocycles. The zero-order valence-corrected chi connectivity index (χ0v) is 16.6. The summed E-state index contributed by atoms with van der Waals surface area (Å²) in [6, 6.07) is 7.13. The van der Waals surface area contributed by atoms with Gasteiger partial charge in [-0.15, -0.1) is 0 Å². The van der Waals surface area contributed by atoms with E-state index in [0.29, 0.717) is 18.6 Å². The smallest absolute Gasteiger partial charge is 0.324 e. The lowest BCUT2D eigenvalue weighted by atomic mass is 9.67. The Morgan fingerprint density at radius 3 is 2.00 bits per heavy atom. The molecule has 2 rings (SSSR count). The maximum absolute atomic E-state index is 12.9. The molecule has 0 amide bonds. The molecule has 0 fully saturated rings. The molecule has 1 aliphatic rings. The molecular formula is C21H26O7. The second-order valence-corrected chi connectivity index (χ2v) is 6.70. The lowest BCUT2D eigenvalue weighted by Crippen LogP contribution is -2.49. The third kappa shape index (κ3) is 4.52.